The summed E-state index contributed by atoms with van der Waals surface area (Å²) in [7, 11) is 0. The molecule has 0 amide bonds. The predicted octanol–water partition coefficient (Wildman–Crippen LogP) is 6.63. The van der Waals surface area contributed by atoms with Crippen molar-refractivity contribution in [2.75, 3.05) is 0 Å². The molecule has 0 fully saturated rings. The van der Waals surface area contributed by atoms with Gasteiger partial charge >= 0.3 is 0 Å². The Kier molecular flexibility index (Phi) is 2.97. The molecular formula is C26H15N3O. The van der Waals surface area contributed by atoms with Crippen LogP contribution < -0.4 is 0 Å². The highest BCUT2D eigenvalue weighted by Gasteiger charge is 2.22. The Bertz CT molecular complexity index is 1740. The number of para-hydroxylation sites is 2. The SMILES string of the molecule is c1ccc2c(c1)oc1c3ncccc3c3c4ccccc4n(-c4ccncc4)c3c21. The molecule has 0 unspecified atom stereocenters. The van der Waals surface area contributed by atoms with Gasteiger partial charge in [-0.3, -0.25) is 9.97 Å². The van der Waals surface area contributed by atoms with E-state index in [-0.39, 0.29) is 0 Å². The van der Waals surface area contributed by atoms with Gasteiger partial charge in [0.05, 0.1) is 16.4 Å². The highest BCUT2D eigenvalue weighted by atomic mass is 16.3. The fraction of sp³-hybridized carbons (Fsp3) is 0. The number of benzene rings is 3. The van der Waals surface area contributed by atoms with Gasteiger partial charge in [-0.15, -0.1) is 0 Å². The highest BCUT2D eigenvalue weighted by molar-refractivity contribution is 6.34. The lowest BCUT2D eigenvalue weighted by Crippen LogP contribution is -1.94. The minimum absolute atomic E-state index is 0.831. The fourth-order valence-corrected chi connectivity index (χ4v) is 4.75. The van der Waals surface area contributed by atoms with Gasteiger partial charge in [0.15, 0.2) is 5.58 Å². The molecule has 0 aliphatic heterocycles. The molecule has 140 valence electrons. The molecule has 7 aromatic rings. The van der Waals surface area contributed by atoms with Crippen LogP contribution in [0.25, 0.3) is 60.3 Å². The van der Waals surface area contributed by atoms with Crippen LogP contribution in [0.2, 0.25) is 0 Å². The molecule has 30 heavy (non-hydrogen) atoms. The molecule has 3 aromatic carbocycles. The molecule has 0 radical (unpaired) electrons. The number of nitrogens with zero attached hydrogens (tertiary/aromatic N) is 3. The summed E-state index contributed by atoms with van der Waals surface area (Å²) in [6.07, 6.45) is 5.51. The van der Waals surface area contributed by atoms with E-state index in [9.17, 15) is 0 Å². The quantitative estimate of drug-likeness (QED) is 0.319. The van der Waals surface area contributed by atoms with Crippen molar-refractivity contribution in [1.82, 2.24) is 14.5 Å². The zero-order valence-electron chi connectivity index (χ0n) is 15.9. The summed E-state index contributed by atoms with van der Waals surface area (Å²) in [6, 6.07) is 25.0. The monoisotopic (exact) mass is 385 g/mol. The first kappa shape index (κ1) is 15.7. The van der Waals surface area contributed by atoms with Crippen molar-refractivity contribution in [2.24, 2.45) is 0 Å². The maximum Gasteiger partial charge on any atom is 0.163 e. The molecule has 0 saturated heterocycles. The number of furan rings is 1. The van der Waals surface area contributed by atoms with Crippen LogP contribution in [0.1, 0.15) is 0 Å². The normalized spacial score (nSPS) is 12.0. The van der Waals surface area contributed by atoms with Gasteiger partial charge in [0, 0.05) is 45.8 Å². The Morgan fingerprint density at radius 3 is 2.33 bits per heavy atom. The topological polar surface area (TPSA) is 43.9 Å². The van der Waals surface area contributed by atoms with Crippen LogP contribution in [0.4, 0.5) is 0 Å². The second kappa shape index (κ2) is 5.67. The van der Waals surface area contributed by atoms with Gasteiger partial charge in [-0.2, -0.15) is 0 Å². The van der Waals surface area contributed by atoms with Crippen LogP contribution in [0.3, 0.4) is 0 Å². The summed E-state index contributed by atoms with van der Waals surface area (Å²) in [5, 5.41) is 5.70. The van der Waals surface area contributed by atoms with Crippen molar-refractivity contribution >= 4 is 54.6 Å². The molecule has 0 aliphatic carbocycles. The van der Waals surface area contributed by atoms with Crippen LogP contribution >= 0.6 is 0 Å². The Morgan fingerprint density at radius 1 is 0.667 bits per heavy atom. The molecule has 0 spiro atoms. The summed E-state index contributed by atoms with van der Waals surface area (Å²) in [4.78, 5) is 8.96. The Balaban J connectivity index is 1.91. The van der Waals surface area contributed by atoms with Gasteiger partial charge in [0.2, 0.25) is 0 Å². The number of pyridine rings is 2. The molecule has 4 aromatic heterocycles. The third-order valence-electron chi connectivity index (χ3n) is 5.92. The molecule has 0 saturated carbocycles. The van der Waals surface area contributed by atoms with Crippen LogP contribution in [0.5, 0.6) is 0 Å². The lowest BCUT2D eigenvalue weighted by Gasteiger charge is -2.09. The van der Waals surface area contributed by atoms with Gasteiger partial charge in [-0.1, -0.05) is 42.5 Å². The van der Waals surface area contributed by atoms with Crippen LogP contribution in [0, 0.1) is 0 Å². The van der Waals surface area contributed by atoms with Crippen LogP contribution in [-0.2, 0) is 0 Å². The Labute approximate surface area is 171 Å². The molecule has 4 heterocycles. The van der Waals surface area contributed by atoms with Crippen molar-refractivity contribution in [2.45, 2.75) is 0 Å². The van der Waals surface area contributed by atoms with Gasteiger partial charge in [0.1, 0.15) is 11.1 Å². The zero-order chi connectivity index (χ0) is 19.7. The van der Waals surface area contributed by atoms with Gasteiger partial charge in [-0.05, 0) is 30.3 Å². The number of aromatic nitrogens is 3. The van der Waals surface area contributed by atoms with Crippen molar-refractivity contribution in [3.05, 3.63) is 91.4 Å². The third-order valence-corrected chi connectivity index (χ3v) is 5.92. The van der Waals surface area contributed by atoms with Crippen molar-refractivity contribution < 1.29 is 4.42 Å². The van der Waals surface area contributed by atoms with Crippen LogP contribution in [-0.4, -0.2) is 14.5 Å². The molecule has 0 N–H and O–H groups in total. The maximum absolute atomic E-state index is 6.37. The lowest BCUT2D eigenvalue weighted by molar-refractivity contribution is 0.672. The zero-order valence-corrected chi connectivity index (χ0v) is 15.9. The molecule has 4 nitrogen and oxygen atoms in total. The summed E-state index contributed by atoms with van der Waals surface area (Å²) in [5.74, 6) is 0. The number of rotatable bonds is 1. The molecule has 0 bridgehead atoms. The first-order valence-corrected chi connectivity index (χ1v) is 9.93. The summed E-state index contributed by atoms with van der Waals surface area (Å²) < 4.78 is 8.70. The van der Waals surface area contributed by atoms with Gasteiger partial charge in [0.25, 0.3) is 0 Å². The largest absolute Gasteiger partial charge is 0.454 e. The van der Waals surface area contributed by atoms with Crippen molar-refractivity contribution in [1.29, 1.82) is 0 Å². The van der Waals surface area contributed by atoms with E-state index in [0.717, 1.165) is 49.6 Å². The van der Waals surface area contributed by atoms with E-state index in [1.807, 2.05) is 48.9 Å². The van der Waals surface area contributed by atoms with Gasteiger partial charge in [-0.25, -0.2) is 0 Å². The van der Waals surface area contributed by atoms with Crippen LogP contribution in [0.15, 0.2) is 95.8 Å². The van der Waals surface area contributed by atoms with E-state index >= 15 is 0 Å². The summed E-state index contributed by atoms with van der Waals surface area (Å²) >= 11 is 0. The number of fused-ring (bicyclic) bond motifs is 10. The molecule has 7 rings (SSSR count). The van der Waals surface area contributed by atoms with Crippen molar-refractivity contribution in [3.63, 3.8) is 0 Å². The van der Waals surface area contributed by atoms with E-state index < -0.39 is 0 Å². The third kappa shape index (κ3) is 1.90. The van der Waals surface area contributed by atoms with E-state index in [0.29, 0.717) is 0 Å². The summed E-state index contributed by atoms with van der Waals surface area (Å²) in [6.45, 7) is 0. The fourth-order valence-electron chi connectivity index (χ4n) is 4.75. The van der Waals surface area contributed by atoms with Gasteiger partial charge < -0.3 is 8.98 Å². The average Bonchev–Trinajstić information content (AvgIpc) is 3.36. The second-order valence-corrected chi connectivity index (χ2v) is 7.48. The standard InChI is InChI=1S/C26H15N3O/c1-3-9-20-17(6-1)22-19-8-5-13-28-24(19)26-23(18-7-2-4-10-21(18)30-26)25(22)29(20)16-11-14-27-15-12-16/h1-15H. The molecule has 0 atom stereocenters. The minimum atomic E-state index is 0.831. The van der Waals surface area contributed by atoms with E-state index in [1.165, 1.54) is 10.8 Å². The first-order chi connectivity index (χ1) is 14.9. The van der Waals surface area contributed by atoms with Crippen molar-refractivity contribution in [3.8, 4) is 5.69 Å². The Hall–Kier alpha value is -4.18. The lowest BCUT2D eigenvalue weighted by atomic mass is 10.0. The second-order valence-electron chi connectivity index (χ2n) is 7.48. The van der Waals surface area contributed by atoms with E-state index in [1.54, 1.807) is 0 Å². The Morgan fingerprint density at radius 2 is 1.43 bits per heavy atom. The summed E-state index contributed by atoms with van der Waals surface area (Å²) in [5.41, 5.74) is 5.97. The maximum atomic E-state index is 6.37. The molecule has 0 aliphatic rings. The number of hydrogen-bond donors (Lipinski definition) is 0. The number of hydrogen-bond acceptors (Lipinski definition) is 3. The van der Waals surface area contributed by atoms with E-state index in [2.05, 4.69) is 52.0 Å². The predicted molar refractivity (Wildman–Crippen MR) is 121 cm³/mol. The minimum Gasteiger partial charge on any atom is -0.454 e. The smallest absolute Gasteiger partial charge is 0.163 e. The van der Waals surface area contributed by atoms with E-state index in [4.69, 9.17) is 9.40 Å². The molecular weight excluding hydrogens is 370 g/mol. The highest BCUT2D eigenvalue weighted by Crippen LogP contribution is 2.44. The average molecular weight is 385 g/mol. The molecule has 4 heteroatoms. The first-order valence-electron chi connectivity index (χ1n) is 9.93.